The number of halogens is 1. The lowest BCUT2D eigenvalue weighted by molar-refractivity contribution is 0.253. The van der Waals surface area contributed by atoms with E-state index in [-0.39, 0.29) is 0 Å². The first-order valence-electron chi connectivity index (χ1n) is 6.33. The number of rotatable bonds is 4. The lowest BCUT2D eigenvalue weighted by Gasteiger charge is -2.27. The molecule has 0 saturated heterocycles. The standard InChI is InChI=1S/C13H15BrN4O/c14-9-1-2-12-10(7-9)11(4-6-19-12)15-5-3-13-16-8-17-18-13/h1-2,7-8,11,15H,3-6H2,(H,16,17,18). The van der Waals surface area contributed by atoms with Gasteiger partial charge in [-0.25, -0.2) is 4.98 Å². The first-order valence-corrected chi connectivity index (χ1v) is 7.12. The SMILES string of the molecule is Brc1ccc2c(c1)C(NCCc1ncn[nH]1)CCO2. The summed E-state index contributed by atoms with van der Waals surface area (Å²) in [5, 5.41) is 10.3. The lowest BCUT2D eigenvalue weighted by atomic mass is 10.0. The third-order valence-electron chi connectivity index (χ3n) is 3.23. The second-order valence-electron chi connectivity index (χ2n) is 4.51. The lowest BCUT2D eigenvalue weighted by Crippen LogP contribution is -2.28. The molecular weight excluding hydrogens is 308 g/mol. The zero-order valence-electron chi connectivity index (χ0n) is 10.4. The van der Waals surface area contributed by atoms with Gasteiger partial charge in [0, 0.05) is 35.5 Å². The van der Waals surface area contributed by atoms with E-state index in [9.17, 15) is 0 Å². The van der Waals surface area contributed by atoms with Crippen molar-refractivity contribution < 1.29 is 4.74 Å². The summed E-state index contributed by atoms with van der Waals surface area (Å²) in [6, 6.07) is 6.49. The molecule has 0 spiro atoms. The van der Waals surface area contributed by atoms with E-state index in [0.29, 0.717) is 6.04 Å². The van der Waals surface area contributed by atoms with Crippen LogP contribution in [0.15, 0.2) is 29.0 Å². The summed E-state index contributed by atoms with van der Waals surface area (Å²) in [5.41, 5.74) is 1.22. The highest BCUT2D eigenvalue weighted by Crippen LogP contribution is 2.33. The fourth-order valence-corrected chi connectivity index (χ4v) is 2.67. The minimum Gasteiger partial charge on any atom is -0.493 e. The van der Waals surface area contributed by atoms with E-state index in [1.165, 1.54) is 11.9 Å². The molecule has 1 aliphatic rings. The Kier molecular flexibility index (Phi) is 3.79. The van der Waals surface area contributed by atoms with Crippen molar-refractivity contribution in [3.05, 3.63) is 40.4 Å². The van der Waals surface area contributed by atoms with Gasteiger partial charge < -0.3 is 10.1 Å². The van der Waals surface area contributed by atoms with Crippen LogP contribution in [-0.2, 0) is 6.42 Å². The number of ether oxygens (including phenoxy) is 1. The molecule has 0 saturated carbocycles. The molecule has 2 N–H and O–H groups in total. The second-order valence-corrected chi connectivity index (χ2v) is 5.42. The third kappa shape index (κ3) is 2.96. The van der Waals surface area contributed by atoms with Crippen molar-refractivity contribution in [1.82, 2.24) is 20.5 Å². The fourth-order valence-electron chi connectivity index (χ4n) is 2.29. The Morgan fingerprint density at radius 1 is 1.47 bits per heavy atom. The first kappa shape index (κ1) is 12.6. The number of benzene rings is 1. The molecule has 1 atom stereocenters. The van der Waals surface area contributed by atoms with E-state index < -0.39 is 0 Å². The van der Waals surface area contributed by atoms with E-state index in [4.69, 9.17) is 4.74 Å². The number of H-pyrrole nitrogens is 1. The van der Waals surface area contributed by atoms with Crippen molar-refractivity contribution >= 4 is 15.9 Å². The zero-order chi connectivity index (χ0) is 13.1. The van der Waals surface area contributed by atoms with Gasteiger partial charge in [-0.15, -0.1) is 0 Å². The third-order valence-corrected chi connectivity index (χ3v) is 3.72. The molecule has 1 aliphatic heterocycles. The number of hydrogen-bond donors (Lipinski definition) is 2. The maximum absolute atomic E-state index is 5.67. The Hall–Kier alpha value is -1.40. The number of hydrogen-bond acceptors (Lipinski definition) is 4. The Balaban J connectivity index is 1.64. The predicted molar refractivity (Wildman–Crippen MR) is 75.1 cm³/mol. The van der Waals surface area contributed by atoms with Gasteiger partial charge >= 0.3 is 0 Å². The van der Waals surface area contributed by atoms with Crippen molar-refractivity contribution in [3.8, 4) is 5.75 Å². The van der Waals surface area contributed by atoms with Crippen LogP contribution < -0.4 is 10.1 Å². The van der Waals surface area contributed by atoms with E-state index in [2.05, 4.69) is 42.5 Å². The van der Waals surface area contributed by atoms with Crippen LogP contribution in [-0.4, -0.2) is 28.3 Å². The molecule has 0 amide bonds. The van der Waals surface area contributed by atoms with E-state index in [1.807, 2.05) is 12.1 Å². The summed E-state index contributed by atoms with van der Waals surface area (Å²) in [6.45, 7) is 1.63. The minimum absolute atomic E-state index is 0.337. The fraction of sp³-hybridized carbons (Fsp3) is 0.385. The summed E-state index contributed by atoms with van der Waals surface area (Å²) in [5.74, 6) is 1.89. The monoisotopic (exact) mass is 322 g/mol. The molecule has 0 bridgehead atoms. The van der Waals surface area contributed by atoms with Crippen LogP contribution in [0.2, 0.25) is 0 Å². The maximum Gasteiger partial charge on any atom is 0.137 e. The van der Waals surface area contributed by atoms with Gasteiger partial charge in [0.25, 0.3) is 0 Å². The Morgan fingerprint density at radius 3 is 3.26 bits per heavy atom. The molecule has 19 heavy (non-hydrogen) atoms. The topological polar surface area (TPSA) is 62.8 Å². The van der Waals surface area contributed by atoms with Gasteiger partial charge in [-0.05, 0) is 18.2 Å². The van der Waals surface area contributed by atoms with Crippen LogP contribution in [0.3, 0.4) is 0 Å². The highest BCUT2D eigenvalue weighted by molar-refractivity contribution is 9.10. The van der Waals surface area contributed by atoms with Crippen LogP contribution >= 0.6 is 15.9 Å². The Morgan fingerprint density at radius 2 is 2.42 bits per heavy atom. The Bertz CT molecular complexity index is 544. The highest BCUT2D eigenvalue weighted by atomic mass is 79.9. The quantitative estimate of drug-likeness (QED) is 0.906. The molecule has 5 nitrogen and oxygen atoms in total. The summed E-state index contributed by atoms with van der Waals surface area (Å²) >= 11 is 3.51. The average molecular weight is 323 g/mol. The molecule has 6 heteroatoms. The molecule has 0 aliphatic carbocycles. The summed E-state index contributed by atoms with van der Waals surface area (Å²) in [6.07, 6.45) is 3.37. The van der Waals surface area contributed by atoms with Crippen molar-refractivity contribution in [2.24, 2.45) is 0 Å². The first-order chi connectivity index (χ1) is 9.33. The second kappa shape index (κ2) is 5.71. The van der Waals surface area contributed by atoms with Crippen LogP contribution in [0.5, 0.6) is 5.75 Å². The van der Waals surface area contributed by atoms with Crippen LogP contribution in [0, 0.1) is 0 Å². The zero-order valence-corrected chi connectivity index (χ0v) is 12.0. The van der Waals surface area contributed by atoms with Gasteiger partial charge in [0.15, 0.2) is 0 Å². The highest BCUT2D eigenvalue weighted by Gasteiger charge is 2.21. The molecule has 1 unspecified atom stereocenters. The van der Waals surface area contributed by atoms with E-state index >= 15 is 0 Å². The van der Waals surface area contributed by atoms with Crippen LogP contribution in [0.4, 0.5) is 0 Å². The molecule has 2 heterocycles. The van der Waals surface area contributed by atoms with Crippen molar-refractivity contribution in [2.45, 2.75) is 18.9 Å². The van der Waals surface area contributed by atoms with Gasteiger partial charge in [-0.3, -0.25) is 5.10 Å². The number of aromatic amines is 1. The van der Waals surface area contributed by atoms with Crippen molar-refractivity contribution in [3.63, 3.8) is 0 Å². The van der Waals surface area contributed by atoms with Crippen molar-refractivity contribution in [2.75, 3.05) is 13.2 Å². The summed E-state index contributed by atoms with van der Waals surface area (Å²) in [4.78, 5) is 4.12. The van der Waals surface area contributed by atoms with Gasteiger partial charge in [-0.2, -0.15) is 5.10 Å². The molecule has 1 aromatic heterocycles. The van der Waals surface area contributed by atoms with Crippen LogP contribution in [0.1, 0.15) is 23.9 Å². The summed E-state index contributed by atoms with van der Waals surface area (Å²) < 4.78 is 6.75. The summed E-state index contributed by atoms with van der Waals surface area (Å²) in [7, 11) is 0. The van der Waals surface area contributed by atoms with Gasteiger partial charge in [0.05, 0.1) is 6.61 Å². The van der Waals surface area contributed by atoms with Gasteiger partial charge in [-0.1, -0.05) is 15.9 Å². The molecule has 0 fully saturated rings. The molecule has 100 valence electrons. The van der Waals surface area contributed by atoms with Gasteiger partial charge in [0.1, 0.15) is 17.9 Å². The minimum atomic E-state index is 0.337. The predicted octanol–water partition coefficient (Wildman–Crippen LogP) is 2.22. The normalized spacial score (nSPS) is 17.8. The molecule has 0 radical (unpaired) electrons. The molecule has 2 aromatic rings. The van der Waals surface area contributed by atoms with Crippen LogP contribution in [0.25, 0.3) is 0 Å². The number of nitrogens with zero attached hydrogens (tertiary/aromatic N) is 2. The van der Waals surface area contributed by atoms with E-state index in [0.717, 1.165) is 42.0 Å². The van der Waals surface area contributed by atoms with Crippen molar-refractivity contribution in [1.29, 1.82) is 0 Å². The largest absolute Gasteiger partial charge is 0.493 e. The molecule has 3 rings (SSSR count). The molecule has 1 aromatic carbocycles. The number of fused-ring (bicyclic) bond motifs is 1. The average Bonchev–Trinajstić information content (AvgIpc) is 2.92. The van der Waals surface area contributed by atoms with Gasteiger partial charge in [0.2, 0.25) is 0 Å². The maximum atomic E-state index is 5.67. The molecular formula is C13H15BrN4O. The number of nitrogens with one attached hydrogen (secondary N) is 2. The number of aromatic nitrogens is 3. The van der Waals surface area contributed by atoms with E-state index in [1.54, 1.807) is 0 Å². The Labute approximate surface area is 119 Å². The smallest absolute Gasteiger partial charge is 0.137 e.